The van der Waals surface area contributed by atoms with Crippen LogP contribution in [0.4, 0.5) is 4.39 Å². The topological polar surface area (TPSA) is 65.2 Å². The predicted molar refractivity (Wildman–Crippen MR) is 128 cm³/mol. The minimum absolute atomic E-state index is 0.136. The molecule has 1 radical (unpaired) electrons. The molecule has 4 aromatic rings. The number of aromatic nitrogens is 4. The highest BCUT2D eigenvalue weighted by atomic mass is 19.1. The van der Waals surface area contributed by atoms with E-state index in [1.807, 2.05) is 29.9 Å². The number of hydrogen-bond acceptors (Lipinski definition) is 4. The molecule has 34 heavy (non-hydrogen) atoms. The third-order valence-electron chi connectivity index (χ3n) is 6.97. The van der Waals surface area contributed by atoms with Crippen LogP contribution in [0.1, 0.15) is 29.6 Å². The van der Waals surface area contributed by atoms with E-state index in [9.17, 15) is 9.18 Å². The second kappa shape index (κ2) is 8.11. The van der Waals surface area contributed by atoms with Crippen LogP contribution in [0, 0.1) is 12.3 Å². The molecule has 175 valence electrons. The zero-order chi connectivity index (χ0) is 23.4. The van der Waals surface area contributed by atoms with Gasteiger partial charge in [-0.2, -0.15) is 0 Å². The summed E-state index contributed by atoms with van der Waals surface area (Å²) in [5.41, 5.74) is 4.00. The maximum atomic E-state index is 13.5. The molecule has 1 saturated heterocycles. The van der Waals surface area contributed by atoms with Gasteiger partial charge in [-0.3, -0.25) is 4.79 Å². The van der Waals surface area contributed by atoms with E-state index in [0.29, 0.717) is 42.3 Å². The zero-order valence-corrected chi connectivity index (χ0v) is 19.4. The Balaban J connectivity index is 1.46. The molecule has 2 aliphatic rings. The first-order valence-corrected chi connectivity index (χ1v) is 11.8. The van der Waals surface area contributed by atoms with Crippen LogP contribution in [0.15, 0.2) is 36.5 Å². The molecule has 8 heteroatoms. The number of ether oxygens (including phenoxy) is 1. The second-order valence-corrected chi connectivity index (χ2v) is 9.33. The first kappa shape index (κ1) is 21.1. The summed E-state index contributed by atoms with van der Waals surface area (Å²) in [5, 5.41) is 1.08. The van der Waals surface area contributed by atoms with Crippen LogP contribution < -0.4 is 4.74 Å². The number of aryl methyl sites for hydroxylation is 1. The highest BCUT2D eigenvalue weighted by molar-refractivity contribution is 6.00. The van der Waals surface area contributed by atoms with E-state index in [1.54, 1.807) is 24.5 Å². The van der Waals surface area contributed by atoms with Crippen molar-refractivity contribution in [3.63, 3.8) is 0 Å². The molecule has 1 unspecified atom stereocenters. The average Bonchev–Trinajstić information content (AvgIpc) is 3.52. The molecule has 1 aliphatic heterocycles. The van der Waals surface area contributed by atoms with E-state index >= 15 is 0 Å². The molecule has 2 fully saturated rings. The summed E-state index contributed by atoms with van der Waals surface area (Å²) in [6.45, 7) is 1.63. The first-order valence-electron chi connectivity index (χ1n) is 11.8. The highest BCUT2D eigenvalue weighted by Gasteiger charge is 2.28. The third kappa shape index (κ3) is 3.52. The Morgan fingerprint density at radius 3 is 2.82 bits per heavy atom. The fourth-order valence-corrected chi connectivity index (χ4v) is 4.93. The Hall–Kier alpha value is -3.42. The molecule has 0 spiro atoms. The van der Waals surface area contributed by atoms with Gasteiger partial charge in [0.15, 0.2) is 5.82 Å². The number of piperidine rings is 1. The lowest BCUT2D eigenvalue weighted by Crippen LogP contribution is -2.39. The predicted octanol–water partition coefficient (Wildman–Crippen LogP) is 4.40. The Bertz CT molecular complexity index is 1400. The van der Waals surface area contributed by atoms with Gasteiger partial charge in [-0.05, 0) is 55.5 Å². The number of carbonyl (C=O) groups excluding carboxylic acids is 1. The third-order valence-corrected chi connectivity index (χ3v) is 6.97. The number of halogens is 1. The summed E-state index contributed by atoms with van der Waals surface area (Å²) >= 11 is 0. The van der Waals surface area contributed by atoms with Crippen LogP contribution in [-0.4, -0.2) is 56.3 Å². The van der Waals surface area contributed by atoms with E-state index < -0.39 is 6.17 Å². The van der Waals surface area contributed by atoms with Gasteiger partial charge in [-0.15, -0.1) is 0 Å². The van der Waals surface area contributed by atoms with Gasteiger partial charge in [-0.25, -0.2) is 14.4 Å². The number of methoxy groups -OCH3 is 1. The molecule has 7 nitrogen and oxygen atoms in total. The van der Waals surface area contributed by atoms with E-state index in [4.69, 9.17) is 9.72 Å². The molecular weight excluding hydrogens is 433 g/mol. The van der Waals surface area contributed by atoms with Crippen LogP contribution in [0.5, 0.6) is 5.75 Å². The van der Waals surface area contributed by atoms with Crippen molar-refractivity contribution in [1.82, 2.24) is 24.0 Å². The standard InChI is InChI=1S/C26H27FN5O2/c1-30-23-20(12-18(14-22(23)34-2)26(33)31-10-7-19(27)8-11-31)29-25(30)21-13-17-4-3-9-28-24(17)32(21)15-16-5-6-16/h3-4,7,9,12-14,16,19H,5-6,8,10-11,15H2,1-2H3. The van der Waals surface area contributed by atoms with Gasteiger partial charge >= 0.3 is 0 Å². The number of nitrogens with zero attached hydrogens (tertiary/aromatic N) is 5. The smallest absolute Gasteiger partial charge is 0.254 e. The Morgan fingerprint density at radius 2 is 2.09 bits per heavy atom. The fourth-order valence-electron chi connectivity index (χ4n) is 4.93. The highest BCUT2D eigenvalue weighted by Crippen LogP contribution is 2.37. The maximum Gasteiger partial charge on any atom is 0.254 e. The molecule has 3 aromatic heterocycles. The van der Waals surface area contributed by atoms with Crippen molar-refractivity contribution in [2.45, 2.75) is 32.0 Å². The molecule has 4 heterocycles. The largest absolute Gasteiger partial charge is 0.494 e. The van der Waals surface area contributed by atoms with Crippen LogP contribution >= 0.6 is 0 Å². The lowest BCUT2D eigenvalue weighted by atomic mass is 10.1. The zero-order valence-electron chi connectivity index (χ0n) is 19.4. The SMILES string of the molecule is COc1cc(C(=O)N2C[CH]C(F)CC2)cc2nc(-c3cc4cccnc4n3CC3CC3)n(C)c12. The first-order chi connectivity index (χ1) is 16.5. The van der Waals surface area contributed by atoms with Gasteiger partial charge in [-0.1, -0.05) is 0 Å². The van der Waals surface area contributed by atoms with Crippen LogP contribution in [-0.2, 0) is 13.6 Å². The number of carbonyl (C=O) groups is 1. The molecule has 6 rings (SSSR count). The molecule has 0 bridgehead atoms. The van der Waals surface area contributed by atoms with Gasteiger partial charge in [0.05, 0.1) is 18.3 Å². The van der Waals surface area contributed by atoms with Crippen molar-refractivity contribution < 1.29 is 13.9 Å². The minimum atomic E-state index is -0.948. The number of alkyl halides is 1. The lowest BCUT2D eigenvalue weighted by Gasteiger charge is -2.28. The Kier molecular flexibility index (Phi) is 5.04. The Labute approximate surface area is 197 Å². The molecule has 1 atom stereocenters. The van der Waals surface area contributed by atoms with Gasteiger partial charge in [0.1, 0.15) is 23.1 Å². The van der Waals surface area contributed by atoms with Crippen LogP contribution in [0.25, 0.3) is 33.6 Å². The van der Waals surface area contributed by atoms with Gasteiger partial charge in [0.2, 0.25) is 0 Å². The lowest BCUT2D eigenvalue weighted by molar-refractivity contribution is 0.0720. The van der Waals surface area contributed by atoms with Crippen molar-refractivity contribution in [2.75, 3.05) is 20.2 Å². The van der Waals surface area contributed by atoms with Gasteiger partial charge in [0, 0.05) is 50.2 Å². The number of fused-ring (bicyclic) bond motifs is 2. The van der Waals surface area contributed by atoms with E-state index in [0.717, 1.165) is 34.6 Å². The Morgan fingerprint density at radius 1 is 1.24 bits per heavy atom. The molecule has 1 aromatic carbocycles. The summed E-state index contributed by atoms with van der Waals surface area (Å²) in [7, 11) is 3.58. The molecule has 0 N–H and O–H groups in total. The normalized spacial score (nSPS) is 17.1. The van der Waals surface area contributed by atoms with E-state index in [-0.39, 0.29) is 5.91 Å². The summed E-state index contributed by atoms with van der Waals surface area (Å²) in [6.07, 6.45) is 5.24. The molecule has 1 saturated carbocycles. The number of rotatable bonds is 5. The summed E-state index contributed by atoms with van der Waals surface area (Å²) in [6, 6.07) is 9.75. The number of imidazole rings is 1. The monoisotopic (exact) mass is 460 g/mol. The van der Waals surface area contributed by atoms with Crippen molar-refractivity contribution in [1.29, 1.82) is 0 Å². The number of pyridine rings is 1. The summed E-state index contributed by atoms with van der Waals surface area (Å²) in [4.78, 5) is 24.4. The van der Waals surface area contributed by atoms with Gasteiger partial charge in [0.25, 0.3) is 5.91 Å². The van der Waals surface area contributed by atoms with E-state index in [1.165, 1.54) is 12.8 Å². The number of likely N-dealkylation sites (tertiary alicyclic amines) is 1. The number of benzene rings is 1. The number of amides is 1. The molecule has 1 aliphatic carbocycles. The van der Waals surface area contributed by atoms with Crippen molar-refractivity contribution >= 4 is 28.0 Å². The average molecular weight is 461 g/mol. The second-order valence-electron chi connectivity index (χ2n) is 9.33. The van der Waals surface area contributed by atoms with E-state index in [2.05, 4.69) is 21.7 Å². The summed E-state index contributed by atoms with van der Waals surface area (Å²) in [5.74, 6) is 1.94. The minimum Gasteiger partial charge on any atom is -0.494 e. The van der Waals surface area contributed by atoms with Crippen molar-refractivity contribution in [3.8, 4) is 17.3 Å². The van der Waals surface area contributed by atoms with Crippen LogP contribution in [0.2, 0.25) is 0 Å². The molecule has 1 amide bonds. The quantitative estimate of drug-likeness (QED) is 0.443. The van der Waals surface area contributed by atoms with Crippen molar-refractivity contribution in [3.05, 3.63) is 48.5 Å². The molecular formula is C26H27FN5O2. The van der Waals surface area contributed by atoms with Gasteiger partial charge < -0.3 is 18.8 Å². The number of hydrogen-bond donors (Lipinski definition) is 0. The summed E-state index contributed by atoms with van der Waals surface area (Å²) < 4.78 is 23.5. The maximum absolute atomic E-state index is 13.5. The fraction of sp³-hybridized carbons (Fsp3) is 0.385. The van der Waals surface area contributed by atoms with Crippen LogP contribution in [0.3, 0.4) is 0 Å². The van der Waals surface area contributed by atoms with Crippen molar-refractivity contribution in [2.24, 2.45) is 13.0 Å².